The van der Waals surface area contributed by atoms with Crippen LogP contribution in [0.5, 0.6) is 5.75 Å². The lowest BCUT2D eigenvalue weighted by atomic mass is 10.0. The summed E-state index contributed by atoms with van der Waals surface area (Å²) in [6.45, 7) is 2.67. The van der Waals surface area contributed by atoms with Gasteiger partial charge in [0.15, 0.2) is 0 Å². The van der Waals surface area contributed by atoms with Crippen molar-refractivity contribution >= 4 is 11.9 Å². The Labute approximate surface area is 144 Å². The molecule has 1 heterocycles. The minimum atomic E-state index is 0.256. The number of ketones is 1. The third-order valence-electron chi connectivity index (χ3n) is 4.46. The number of Topliss-reactive ketones (excluding diaryl/α,β-unsaturated/α-hetero) is 1. The summed E-state index contributed by atoms with van der Waals surface area (Å²) < 4.78 is 5.70. The van der Waals surface area contributed by atoms with Gasteiger partial charge in [-0.15, -0.1) is 0 Å². The molecule has 0 unspecified atom stereocenters. The molecular weight excluding hydrogens is 296 g/mol. The van der Waals surface area contributed by atoms with Crippen molar-refractivity contribution in [2.75, 3.05) is 6.61 Å². The maximum Gasteiger partial charge on any atom is 0.140 e. The summed E-state index contributed by atoms with van der Waals surface area (Å²) in [7, 11) is 0. The van der Waals surface area contributed by atoms with Crippen LogP contribution in [0.15, 0.2) is 48.5 Å². The summed E-state index contributed by atoms with van der Waals surface area (Å²) in [6.07, 6.45) is 8.50. The average Bonchev–Trinajstić information content (AvgIpc) is 2.79. The SMILES string of the molecule is CCc1ccc(CC/C=C/c2ccc3c(c2)OCCC(=O)C3)cc1. The molecular formula is C22H24O2. The fourth-order valence-electron chi connectivity index (χ4n) is 2.94. The van der Waals surface area contributed by atoms with Crippen molar-refractivity contribution in [3.8, 4) is 5.75 Å². The van der Waals surface area contributed by atoms with Crippen LogP contribution in [0.2, 0.25) is 0 Å². The summed E-state index contributed by atoms with van der Waals surface area (Å²) in [4.78, 5) is 11.6. The van der Waals surface area contributed by atoms with E-state index in [1.165, 1.54) is 11.1 Å². The molecule has 0 saturated carbocycles. The smallest absolute Gasteiger partial charge is 0.140 e. The van der Waals surface area contributed by atoms with Gasteiger partial charge < -0.3 is 4.74 Å². The summed E-state index contributed by atoms with van der Waals surface area (Å²) >= 11 is 0. The van der Waals surface area contributed by atoms with Gasteiger partial charge in [0, 0.05) is 18.4 Å². The van der Waals surface area contributed by atoms with E-state index in [0.717, 1.165) is 36.1 Å². The molecule has 2 aromatic rings. The fourth-order valence-corrected chi connectivity index (χ4v) is 2.94. The van der Waals surface area contributed by atoms with Crippen LogP contribution in [0.25, 0.3) is 6.08 Å². The second-order valence-electron chi connectivity index (χ2n) is 6.29. The maximum absolute atomic E-state index is 11.6. The van der Waals surface area contributed by atoms with E-state index in [4.69, 9.17) is 4.74 Å². The largest absolute Gasteiger partial charge is 0.493 e. The third kappa shape index (κ3) is 4.35. The third-order valence-corrected chi connectivity index (χ3v) is 4.46. The van der Waals surface area contributed by atoms with Crippen molar-refractivity contribution in [1.29, 1.82) is 0 Å². The molecule has 124 valence electrons. The van der Waals surface area contributed by atoms with Crippen LogP contribution >= 0.6 is 0 Å². The molecule has 2 nitrogen and oxygen atoms in total. The van der Waals surface area contributed by atoms with Gasteiger partial charge in [0.2, 0.25) is 0 Å². The van der Waals surface area contributed by atoms with Gasteiger partial charge in [-0.2, -0.15) is 0 Å². The van der Waals surface area contributed by atoms with E-state index in [1.807, 2.05) is 12.1 Å². The monoisotopic (exact) mass is 320 g/mol. The highest BCUT2D eigenvalue weighted by molar-refractivity contribution is 5.82. The molecule has 0 saturated heterocycles. The van der Waals surface area contributed by atoms with Crippen LogP contribution in [0, 0.1) is 0 Å². The molecule has 1 aliphatic heterocycles. The van der Waals surface area contributed by atoms with Gasteiger partial charge in [-0.25, -0.2) is 0 Å². The Morgan fingerprint density at radius 1 is 1.08 bits per heavy atom. The van der Waals surface area contributed by atoms with E-state index in [9.17, 15) is 4.79 Å². The molecule has 0 spiro atoms. The number of ether oxygens (including phenoxy) is 1. The van der Waals surface area contributed by atoms with E-state index >= 15 is 0 Å². The molecule has 2 aromatic carbocycles. The normalized spacial score (nSPS) is 14.3. The fraction of sp³-hybridized carbons (Fsp3) is 0.318. The first-order valence-corrected chi connectivity index (χ1v) is 8.76. The number of fused-ring (bicyclic) bond motifs is 1. The van der Waals surface area contributed by atoms with Crippen LogP contribution in [0.4, 0.5) is 0 Å². The number of carbonyl (C=O) groups excluding carboxylic acids is 1. The Bertz CT molecular complexity index is 726. The zero-order chi connectivity index (χ0) is 16.8. The standard InChI is InChI=1S/C22H24O2/c1-2-17-7-9-18(10-8-17)5-3-4-6-19-11-12-20-16-21(23)13-14-24-22(20)15-19/h4,6-12,15H,2-3,5,13-14,16H2,1H3/b6-4+. The van der Waals surface area contributed by atoms with E-state index in [1.54, 1.807) is 0 Å². The number of carbonyl (C=O) groups is 1. The quantitative estimate of drug-likeness (QED) is 0.792. The molecule has 0 bridgehead atoms. The second kappa shape index (κ2) is 7.96. The van der Waals surface area contributed by atoms with Gasteiger partial charge in [-0.1, -0.05) is 55.5 Å². The van der Waals surface area contributed by atoms with Gasteiger partial charge >= 0.3 is 0 Å². The average molecular weight is 320 g/mol. The minimum absolute atomic E-state index is 0.256. The second-order valence-corrected chi connectivity index (χ2v) is 6.29. The van der Waals surface area contributed by atoms with Crippen molar-refractivity contribution in [3.05, 3.63) is 70.8 Å². The summed E-state index contributed by atoms with van der Waals surface area (Å²) in [6, 6.07) is 15.0. The predicted octanol–water partition coefficient (Wildman–Crippen LogP) is 4.79. The number of allylic oxidation sites excluding steroid dienone is 1. The summed E-state index contributed by atoms with van der Waals surface area (Å²) in [5.41, 5.74) is 4.90. The van der Waals surface area contributed by atoms with E-state index in [0.29, 0.717) is 19.4 Å². The number of hydrogen-bond donors (Lipinski definition) is 0. The molecule has 0 N–H and O–H groups in total. The number of hydrogen-bond acceptors (Lipinski definition) is 2. The predicted molar refractivity (Wildman–Crippen MR) is 98.4 cm³/mol. The van der Waals surface area contributed by atoms with Crippen molar-refractivity contribution in [3.63, 3.8) is 0 Å². The molecule has 0 atom stereocenters. The van der Waals surface area contributed by atoms with Crippen molar-refractivity contribution < 1.29 is 9.53 Å². The van der Waals surface area contributed by atoms with Crippen molar-refractivity contribution in [2.45, 2.75) is 39.0 Å². The number of rotatable bonds is 5. The van der Waals surface area contributed by atoms with E-state index in [-0.39, 0.29) is 5.78 Å². The first-order chi connectivity index (χ1) is 11.7. The Balaban J connectivity index is 1.58. The molecule has 24 heavy (non-hydrogen) atoms. The van der Waals surface area contributed by atoms with Crippen LogP contribution in [-0.4, -0.2) is 12.4 Å². The van der Waals surface area contributed by atoms with Crippen LogP contribution in [-0.2, 0) is 24.1 Å². The lowest BCUT2D eigenvalue weighted by molar-refractivity contribution is -0.118. The molecule has 3 rings (SSSR count). The molecule has 0 amide bonds. The number of aryl methyl sites for hydroxylation is 2. The highest BCUT2D eigenvalue weighted by atomic mass is 16.5. The highest BCUT2D eigenvalue weighted by Crippen LogP contribution is 2.25. The van der Waals surface area contributed by atoms with E-state index in [2.05, 4.69) is 49.4 Å². The zero-order valence-electron chi connectivity index (χ0n) is 14.3. The lowest BCUT2D eigenvalue weighted by Gasteiger charge is -2.07. The Hall–Kier alpha value is -2.35. The number of benzene rings is 2. The van der Waals surface area contributed by atoms with Gasteiger partial charge in [-0.05, 0) is 42.0 Å². The van der Waals surface area contributed by atoms with Crippen LogP contribution in [0.3, 0.4) is 0 Å². The van der Waals surface area contributed by atoms with Crippen molar-refractivity contribution in [2.24, 2.45) is 0 Å². The van der Waals surface area contributed by atoms with Gasteiger partial charge in [0.25, 0.3) is 0 Å². The highest BCUT2D eigenvalue weighted by Gasteiger charge is 2.14. The first-order valence-electron chi connectivity index (χ1n) is 8.76. The molecule has 0 fully saturated rings. The Kier molecular flexibility index (Phi) is 5.47. The zero-order valence-corrected chi connectivity index (χ0v) is 14.3. The Morgan fingerprint density at radius 3 is 2.67 bits per heavy atom. The lowest BCUT2D eigenvalue weighted by Crippen LogP contribution is -2.02. The molecule has 1 aliphatic rings. The van der Waals surface area contributed by atoms with E-state index < -0.39 is 0 Å². The van der Waals surface area contributed by atoms with Crippen molar-refractivity contribution in [1.82, 2.24) is 0 Å². The Morgan fingerprint density at radius 2 is 1.88 bits per heavy atom. The van der Waals surface area contributed by atoms with Gasteiger partial charge in [0.05, 0.1) is 6.61 Å². The van der Waals surface area contributed by atoms with Crippen LogP contribution in [0.1, 0.15) is 42.0 Å². The molecule has 0 aliphatic carbocycles. The van der Waals surface area contributed by atoms with Crippen LogP contribution < -0.4 is 4.74 Å². The summed E-state index contributed by atoms with van der Waals surface area (Å²) in [5.74, 6) is 1.12. The molecule has 2 heteroatoms. The van der Waals surface area contributed by atoms with Gasteiger partial charge in [-0.3, -0.25) is 4.79 Å². The summed E-state index contributed by atoms with van der Waals surface area (Å²) in [5, 5.41) is 0. The first kappa shape index (κ1) is 16.5. The topological polar surface area (TPSA) is 26.3 Å². The van der Waals surface area contributed by atoms with Gasteiger partial charge in [0.1, 0.15) is 11.5 Å². The maximum atomic E-state index is 11.6. The minimum Gasteiger partial charge on any atom is -0.493 e. The molecule has 0 aromatic heterocycles. The molecule has 0 radical (unpaired) electrons.